The van der Waals surface area contributed by atoms with Gasteiger partial charge in [-0.1, -0.05) is 0 Å². The van der Waals surface area contributed by atoms with E-state index in [-0.39, 0.29) is 5.91 Å². The van der Waals surface area contributed by atoms with Crippen molar-refractivity contribution in [2.45, 2.75) is 13.8 Å². The van der Waals surface area contributed by atoms with Gasteiger partial charge in [-0.15, -0.1) is 0 Å². The lowest BCUT2D eigenvalue weighted by molar-refractivity contribution is -0.119. The molecule has 0 saturated carbocycles. The fourth-order valence-electron chi connectivity index (χ4n) is 2.25. The molecule has 2 aromatic rings. The predicted molar refractivity (Wildman–Crippen MR) is 90.4 cm³/mol. The Balaban J connectivity index is 2.44. The van der Waals surface area contributed by atoms with E-state index >= 15 is 0 Å². The van der Waals surface area contributed by atoms with Gasteiger partial charge in [0.2, 0.25) is 5.91 Å². The maximum atomic E-state index is 11.8. The topological polar surface area (TPSA) is 71.2 Å². The van der Waals surface area contributed by atoms with Gasteiger partial charge in [-0.05, 0) is 48.0 Å². The van der Waals surface area contributed by atoms with Gasteiger partial charge < -0.3 is 16.0 Å². The zero-order valence-corrected chi connectivity index (χ0v) is 13.8. The first-order valence-electron chi connectivity index (χ1n) is 6.92. The second kappa shape index (κ2) is 6.76. The lowest BCUT2D eigenvalue weighted by Gasteiger charge is -2.24. The van der Waals surface area contributed by atoms with Crippen molar-refractivity contribution in [2.75, 3.05) is 30.3 Å². The molecule has 1 aromatic heterocycles. The van der Waals surface area contributed by atoms with Crippen molar-refractivity contribution in [3.05, 3.63) is 28.9 Å². The van der Waals surface area contributed by atoms with E-state index in [1.54, 1.807) is 6.20 Å². The summed E-state index contributed by atoms with van der Waals surface area (Å²) in [5.41, 5.74) is 8.43. The summed E-state index contributed by atoms with van der Waals surface area (Å²) in [5.74, 6) is 0.00133. The zero-order chi connectivity index (χ0) is 15.4. The number of hydrogen-bond acceptors (Lipinski definition) is 4. The number of benzene rings is 1. The average molecular weight is 351 g/mol. The van der Waals surface area contributed by atoms with Crippen LogP contribution in [0.15, 0.2) is 28.9 Å². The van der Waals surface area contributed by atoms with Crippen molar-refractivity contribution in [2.24, 2.45) is 0 Å². The number of hydrogen-bond donors (Lipinski definition) is 2. The van der Waals surface area contributed by atoms with Crippen LogP contribution in [0.5, 0.6) is 0 Å². The molecule has 2 rings (SSSR count). The molecule has 1 heterocycles. The van der Waals surface area contributed by atoms with E-state index in [2.05, 4.69) is 26.2 Å². The molecule has 0 atom stereocenters. The van der Waals surface area contributed by atoms with E-state index in [4.69, 9.17) is 5.73 Å². The van der Waals surface area contributed by atoms with E-state index in [0.29, 0.717) is 25.3 Å². The molecule has 0 unspecified atom stereocenters. The van der Waals surface area contributed by atoms with Gasteiger partial charge in [-0.3, -0.25) is 9.78 Å². The van der Waals surface area contributed by atoms with E-state index in [1.807, 2.05) is 36.9 Å². The molecule has 0 spiro atoms. The molecule has 1 amide bonds. The first kappa shape index (κ1) is 15.6. The number of pyridine rings is 1. The lowest BCUT2D eigenvalue weighted by Crippen LogP contribution is -2.37. The van der Waals surface area contributed by atoms with Gasteiger partial charge >= 0.3 is 0 Å². The molecular weight excluding hydrogens is 332 g/mol. The SMILES string of the molecule is CCNC(=O)CN(CC)c1ccc(N)c2cc(Br)cnc12. The Labute approximate surface area is 132 Å². The Hall–Kier alpha value is -1.82. The molecule has 1 aromatic carbocycles. The first-order valence-corrected chi connectivity index (χ1v) is 7.71. The maximum Gasteiger partial charge on any atom is 0.239 e. The molecule has 0 fully saturated rings. The van der Waals surface area contributed by atoms with Crippen LogP contribution in [-0.4, -0.2) is 30.5 Å². The Kier molecular flexibility index (Phi) is 5.01. The number of nitrogen functional groups attached to an aromatic ring is 1. The van der Waals surface area contributed by atoms with Crippen LogP contribution >= 0.6 is 15.9 Å². The van der Waals surface area contributed by atoms with E-state index in [9.17, 15) is 4.79 Å². The highest BCUT2D eigenvalue weighted by molar-refractivity contribution is 9.10. The summed E-state index contributed by atoms with van der Waals surface area (Å²) in [6, 6.07) is 5.72. The van der Waals surface area contributed by atoms with E-state index < -0.39 is 0 Å². The largest absolute Gasteiger partial charge is 0.398 e. The van der Waals surface area contributed by atoms with Crippen molar-refractivity contribution < 1.29 is 4.79 Å². The summed E-state index contributed by atoms with van der Waals surface area (Å²) < 4.78 is 0.880. The molecule has 3 N–H and O–H groups in total. The van der Waals surface area contributed by atoms with Crippen molar-refractivity contribution in [3.8, 4) is 0 Å². The molecule has 21 heavy (non-hydrogen) atoms. The van der Waals surface area contributed by atoms with Crippen LogP contribution < -0.4 is 16.0 Å². The molecule has 0 aliphatic rings. The number of likely N-dealkylation sites (N-methyl/N-ethyl adjacent to an activating group) is 2. The highest BCUT2D eigenvalue weighted by atomic mass is 79.9. The summed E-state index contributed by atoms with van der Waals surface area (Å²) in [7, 11) is 0. The van der Waals surface area contributed by atoms with Crippen LogP contribution in [0, 0.1) is 0 Å². The quantitative estimate of drug-likeness (QED) is 0.813. The number of aromatic nitrogens is 1. The van der Waals surface area contributed by atoms with Gasteiger partial charge in [-0.2, -0.15) is 0 Å². The number of fused-ring (bicyclic) bond motifs is 1. The number of nitrogens with zero attached hydrogens (tertiary/aromatic N) is 2. The van der Waals surface area contributed by atoms with Crippen molar-refractivity contribution in [1.29, 1.82) is 0 Å². The van der Waals surface area contributed by atoms with Gasteiger partial charge in [0.05, 0.1) is 17.7 Å². The number of rotatable bonds is 5. The zero-order valence-electron chi connectivity index (χ0n) is 12.2. The second-order valence-electron chi connectivity index (χ2n) is 4.69. The Morgan fingerprint density at radius 2 is 2.19 bits per heavy atom. The maximum absolute atomic E-state index is 11.8. The molecule has 112 valence electrons. The van der Waals surface area contributed by atoms with Gasteiger partial charge in [0, 0.05) is 34.8 Å². The van der Waals surface area contributed by atoms with E-state index in [1.165, 1.54) is 0 Å². The minimum atomic E-state index is 0.00133. The predicted octanol–water partition coefficient (Wildman–Crippen LogP) is 2.54. The smallest absolute Gasteiger partial charge is 0.239 e. The van der Waals surface area contributed by atoms with Crippen LogP contribution in [0.1, 0.15) is 13.8 Å². The van der Waals surface area contributed by atoms with Crippen molar-refractivity contribution >= 4 is 44.1 Å². The molecule has 0 aliphatic carbocycles. The molecule has 6 heteroatoms. The van der Waals surface area contributed by atoms with Crippen LogP contribution in [0.3, 0.4) is 0 Å². The van der Waals surface area contributed by atoms with E-state index in [0.717, 1.165) is 21.1 Å². The Morgan fingerprint density at radius 1 is 1.43 bits per heavy atom. The van der Waals surface area contributed by atoms with Gasteiger partial charge in [0.15, 0.2) is 0 Å². The fourth-order valence-corrected chi connectivity index (χ4v) is 2.58. The average Bonchev–Trinajstić information content (AvgIpc) is 2.46. The minimum absolute atomic E-state index is 0.00133. The molecule has 0 aliphatic heterocycles. The van der Waals surface area contributed by atoms with Crippen LogP contribution in [0.4, 0.5) is 11.4 Å². The number of nitrogens with two attached hydrogens (primary N) is 1. The Bertz CT molecular complexity index is 659. The monoisotopic (exact) mass is 350 g/mol. The summed E-state index contributed by atoms with van der Waals surface area (Å²) in [4.78, 5) is 18.3. The number of halogens is 1. The summed E-state index contributed by atoms with van der Waals surface area (Å²) in [5, 5.41) is 3.70. The number of carbonyl (C=O) groups excluding carboxylic acids is 1. The minimum Gasteiger partial charge on any atom is -0.398 e. The lowest BCUT2D eigenvalue weighted by atomic mass is 10.1. The molecule has 5 nitrogen and oxygen atoms in total. The first-order chi connectivity index (χ1) is 10.1. The molecule has 0 radical (unpaired) electrons. The van der Waals surface area contributed by atoms with Gasteiger partial charge in [0.1, 0.15) is 0 Å². The highest BCUT2D eigenvalue weighted by Crippen LogP contribution is 2.31. The van der Waals surface area contributed by atoms with Crippen molar-refractivity contribution in [3.63, 3.8) is 0 Å². The van der Waals surface area contributed by atoms with Crippen LogP contribution in [-0.2, 0) is 4.79 Å². The van der Waals surface area contributed by atoms with Gasteiger partial charge in [0.25, 0.3) is 0 Å². The van der Waals surface area contributed by atoms with Crippen molar-refractivity contribution in [1.82, 2.24) is 10.3 Å². The number of nitrogens with one attached hydrogen (secondary N) is 1. The third-order valence-electron chi connectivity index (χ3n) is 3.26. The van der Waals surface area contributed by atoms with Crippen LogP contribution in [0.2, 0.25) is 0 Å². The second-order valence-corrected chi connectivity index (χ2v) is 5.61. The standard InChI is InChI=1S/C15H19BrN4O/c1-3-18-14(21)9-20(4-2)13-6-5-12(17)11-7-10(16)8-19-15(11)13/h5-8H,3-4,9,17H2,1-2H3,(H,18,21). The molecule has 0 bridgehead atoms. The fraction of sp³-hybridized carbons (Fsp3) is 0.333. The third kappa shape index (κ3) is 3.44. The van der Waals surface area contributed by atoms with Crippen LogP contribution in [0.25, 0.3) is 10.9 Å². The normalized spacial score (nSPS) is 10.6. The number of carbonyl (C=O) groups is 1. The molecular formula is C15H19BrN4O. The molecule has 0 saturated heterocycles. The summed E-state index contributed by atoms with van der Waals surface area (Å²) in [6.07, 6.45) is 1.74. The highest BCUT2D eigenvalue weighted by Gasteiger charge is 2.14. The number of anilines is 2. The number of amides is 1. The Morgan fingerprint density at radius 3 is 2.86 bits per heavy atom. The summed E-state index contributed by atoms with van der Waals surface area (Å²) in [6.45, 7) is 5.57. The third-order valence-corrected chi connectivity index (χ3v) is 3.69. The summed E-state index contributed by atoms with van der Waals surface area (Å²) >= 11 is 3.41. The van der Waals surface area contributed by atoms with Gasteiger partial charge in [-0.25, -0.2) is 0 Å².